The molecule has 1 aromatic carbocycles. The predicted octanol–water partition coefficient (Wildman–Crippen LogP) is 5.54. The maximum atomic E-state index is 13.8. The summed E-state index contributed by atoms with van der Waals surface area (Å²) in [7, 11) is 1.76. The Hall–Kier alpha value is -3.41. The Kier molecular flexibility index (Phi) is 12.2. The van der Waals surface area contributed by atoms with Gasteiger partial charge in [-0.25, -0.2) is 13.8 Å². The minimum absolute atomic E-state index is 0.00227. The first-order valence-electron chi connectivity index (χ1n) is 14.6. The van der Waals surface area contributed by atoms with E-state index in [2.05, 4.69) is 10.3 Å². The molecule has 0 spiro atoms. The van der Waals surface area contributed by atoms with Crippen LogP contribution >= 0.6 is 11.3 Å². The van der Waals surface area contributed by atoms with Crippen molar-refractivity contribution in [3.63, 3.8) is 0 Å². The third-order valence-corrected chi connectivity index (χ3v) is 8.65. The van der Waals surface area contributed by atoms with E-state index >= 15 is 0 Å². The maximum absolute atomic E-state index is 13.8. The number of rotatable bonds is 16. The summed E-state index contributed by atoms with van der Waals surface area (Å²) in [6.45, 7) is 6.75. The van der Waals surface area contributed by atoms with Gasteiger partial charge in [-0.2, -0.15) is 0 Å². The van der Waals surface area contributed by atoms with E-state index in [1.165, 1.54) is 32.1 Å². The molecule has 1 saturated carbocycles. The van der Waals surface area contributed by atoms with Gasteiger partial charge < -0.3 is 20.1 Å². The minimum Gasteiger partial charge on any atom is -0.481 e. The van der Waals surface area contributed by atoms with Crippen LogP contribution in [0.15, 0.2) is 23.6 Å². The zero-order valence-electron chi connectivity index (χ0n) is 25.3. The number of hydrogen-bond acceptors (Lipinski definition) is 7. The lowest BCUT2D eigenvalue weighted by Crippen LogP contribution is -2.41. The lowest BCUT2D eigenvalue weighted by atomic mass is 9.95. The number of thiazole rings is 1. The Balaban J connectivity index is 1.76. The van der Waals surface area contributed by atoms with Crippen LogP contribution in [0.3, 0.4) is 0 Å². The fourth-order valence-electron chi connectivity index (χ4n) is 5.13. The summed E-state index contributed by atoms with van der Waals surface area (Å²) in [5.41, 5.74) is 0.301. The summed E-state index contributed by atoms with van der Waals surface area (Å²) in [4.78, 5) is 55.8. The van der Waals surface area contributed by atoms with Gasteiger partial charge >= 0.3 is 11.9 Å². The third kappa shape index (κ3) is 10.7. The number of nitrogens with one attached hydrogen (secondary N) is 1. The smallest absolute Gasteiger partial charge is 0.306 e. The van der Waals surface area contributed by atoms with Crippen LogP contribution in [0.5, 0.6) is 0 Å². The van der Waals surface area contributed by atoms with Crippen molar-refractivity contribution in [1.29, 1.82) is 0 Å². The number of benzene rings is 1. The van der Waals surface area contributed by atoms with Crippen molar-refractivity contribution in [1.82, 2.24) is 15.2 Å². The summed E-state index contributed by atoms with van der Waals surface area (Å²) in [6, 6.07) is 2.01. The lowest BCUT2D eigenvalue weighted by Gasteiger charge is -2.33. The number of aliphatic carboxylic acids is 1. The molecule has 43 heavy (non-hydrogen) atoms. The van der Waals surface area contributed by atoms with Crippen LogP contribution in [0.2, 0.25) is 0 Å². The molecule has 1 aromatic heterocycles. The van der Waals surface area contributed by atoms with Gasteiger partial charge in [0.2, 0.25) is 5.91 Å². The molecule has 1 aliphatic rings. The number of carbonyl (C=O) groups is 4. The third-order valence-electron chi connectivity index (χ3n) is 7.72. The molecule has 4 unspecified atom stereocenters. The first-order chi connectivity index (χ1) is 20.2. The Morgan fingerprint density at radius 2 is 1.77 bits per heavy atom. The Morgan fingerprint density at radius 3 is 2.33 bits per heavy atom. The molecule has 0 radical (unpaired) electrons. The molecule has 236 valence electrons. The molecule has 3 rings (SSSR count). The fraction of sp³-hybridized carbons (Fsp3) is 0.581. The predicted molar refractivity (Wildman–Crippen MR) is 157 cm³/mol. The van der Waals surface area contributed by atoms with Crippen LogP contribution in [-0.4, -0.2) is 57.9 Å². The molecule has 0 aliphatic heterocycles. The number of ether oxygens (including phenoxy) is 1. The number of amides is 2. The van der Waals surface area contributed by atoms with E-state index in [1.807, 2.05) is 13.8 Å². The molecule has 0 bridgehead atoms. The van der Waals surface area contributed by atoms with Gasteiger partial charge in [0.1, 0.15) is 22.3 Å². The molecule has 2 amide bonds. The van der Waals surface area contributed by atoms with Crippen molar-refractivity contribution < 1.29 is 37.8 Å². The average molecular weight is 622 g/mol. The molecule has 1 fully saturated rings. The maximum Gasteiger partial charge on any atom is 0.306 e. The lowest BCUT2D eigenvalue weighted by molar-refractivity contribution is -0.148. The monoisotopic (exact) mass is 621 g/mol. The van der Waals surface area contributed by atoms with Gasteiger partial charge in [-0.15, -0.1) is 11.3 Å². The molecule has 12 heteroatoms. The van der Waals surface area contributed by atoms with Crippen molar-refractivity contribution in [2.45, 2.75) is 90.8 Å². The topological polar surface area (TPSA) is 126 Å². The van der Waals surface area contributed by atoms with E-state index in [-0.39, 0.29) is 42.0 Å². The number of hydrogen-bond donors (Lipinski definition) is 2. The number of carboxylic acids is 1. The SMILES string of the molecule is CC(=O)OC(CC(C(C)C)N(C)C(=O)CCC1CC1)c1nc(C(=O)NC(Cc2cc(F)cc(F)c2)CC(C)C(=O)O)cs1. The molecule has 4 atom stereocenters. The van der Waals surface area contributed by atoms with E-state index in [4.69, 9.17) is 4.74 Å². The van der Waals surface area contributed by atoms with Crippen LogP contribution in [0.25, 0.3) is 0 Å². The van der Waals surface area contributed by atoms with Gasteiger partial charge in [0.25, 0.3) is 5.91 Å². The highest BCUT2D eigenvalue weighted by Crippen LogP contribution is 2.34. The minimum atomic E-state index is -1.07. The quantitative estimate of drug-likeness (QED) is 0.236. The van der Waals surface area contributed by atoms with Crippen LogP contribution < -0.4 is 5.32 Å². The zero-order chi connectivity index (χ0) is 31.8. The van der Waals surface area contributed by atoms with E-state index in [0.29, 0.717) is 23.8 Å². The molecule has 2 N–H and O–H groups in total. The molecule has 9 nitrogen and oxygen atoms in total. The fourth-order valence-corrected chi connectivity index (χ4v) is 5.96. The van der Waals surface area contributed by atoms with Gasteiger partial charge in [0, 0.05) is 50.3 Å². The highest BCUT2D eigenvalue weighted by atomic mass is 32.1. The number of halogens is 2. The van der Waals surface area contributed by atoms with Crippen molar-refractivity contribution in [3.05, 3.63) is 51.5 Å². The van der Waals surface area contributed by atoms with E-state index in [1.54, 1.807) is 11.9 Å². The number of esters is 1. The Bertz CT molecular complexity index is 1280. The molecule has 1 aliphatic carbocycles. The first kappa shape index (κ1) is 34.1. The normalized spacial score (nSPS) is 15.8. The largest absolute Gasteiger partial charge is 0.481 e. The van der Waals surface area contributed by atoms with Crippen molar-refractivity contribution in [2.24, 2.45) is 17.8 Å². The molecular weight excluding hydrogens is 580 g/mol. The second kappa shape index (κ2) is 15.4. The number of nitrogens with zero attached hydrogens (tertiary/aromatic N) is 2. The second-order valence-electron chi connectivity index (χ2n) is 11.8. The zero-order valence-corrected chi connectivity index (χ0v) is 26.1. The molecular formula is C31H41F2N3O6S. The van der Waals surface area contributed by atoms with Gasteiger partial charge in [-0.1, -0.05) is 33.6 Å². The Morgan fingerprint density at radius 1 is 1.12 bits per heavy atom. The van der Waals surface area contributed by atoms with Crippen LogP contribution in [0, 0.1) is 29.4 Å². The number of carbonyl (C=O) groups excluding carboxylic acids is 3. The summed E-state index contributed by atoms with van der Waals surface area (Å²) in [5, 5.41) is 14.1. The summed E-state index contributed by atoms with van der Waals surface area (Å²) < 4.78 is 33.2. The van der Waals surface area contributed by atoms with E-state index in [0.717, 1.165) is 36.0 Å². The van der Waals surface area contributed by atoms with E-state index in [9.17, 15) is 33.1 Å². The average Bonchev–Trinajstić information content (AvgIpc) is 3.61. The molecule has 1 heterocycles. The summed E-state index contributed by atoms with van der Waals surface area (Å²) in [6.07, 6.45) is 3.19. The van der Waals surface area contributed by atoms with Crippen molar-refractivity contribution >= 4 is 35.1 Å². The van der Waals surface area contributed by atoms with Crippen molar-refractivity contribution in [3.8, 4) is 0 Å². The summed E-state index contributed by atoms with van der Waals surface area (Å²) >= 11 is 1.13. The van der Waals surface area contributed by atoms with Gasteiger partial charge in [0.15, 0.2) is 6.10 Å². The van der Waals surface area contributed by atoms with Crippen LogP contribution in [0.1, 0.15) is 93.4 Å². The van der Waals surface area contributed by atoms with E-state index < -0.39 is 47.5 Å². The molecule has 2 aromatic rings. The highest BCUT2D eigenvalue weighted by molar-refractivity contribution is 7.09. The second-order valence-corrected chi connectivity index (χ2v) is 12.7. The molecule has 0 saturated heterocycles. The van der Waals surface area contributed by atoms with Crippen molar-refractivity contribution in [2.75, 3.05) is 7.05 Å². The Labute approximate surface area is 255 Å². The van der Waals surface area contributed by atoms with Crippen LogP contribution in [0.4, 0.5) is 8.78 Å². The van der Waals surface area contributed by atoms with Gasteiger partial charge in [-0.05, 0) is 48.8 Å². The standard InChI is InChI=1S/C31H41F2N3O6S/c1-17(2)26(36(5)28(38)9-8-20-6-7-20)15-27(42-19(4)37)30-35-25(16-43-30)29(39)34-24(10-18(3)31(40)41)13-21-11-22(32)14-23(33)12-21/h11-12,14,16-18,20,24,26-27H,6-10,13,15H2,1-5H3,(H,34,39)(H,40,41). The van der Waals surface area contributed by atoms with Crippen LogP contribution in [-0.2, 0) is 25.5 Å². The number of carboxylic acid groups (broad SMARTS) is 1. The van der Waals surface area contributed by atoms with Gasteiger partial charge in [0.05, 0.1) is 5.92 Å². The number of aromatic nitrogens is 1. The summed E-state index contributed by atoms with van der Waals surface area (Å²) in [5.74, 6) is -3.86. The first-order valence-corrected chi connectivity index (χ1v) is 15.5. The van der Waals surface area contributed by atoms with Gasteiger partial charge in [-0.3, -0.25) is 19.2 Å². The highest BCUT2D eigenvalue weighted by Gasteiger charge is 2.32.